The van der Waals surface area contributed by atoms with Crippen molar-refractivity contribution in [2.45, 2.75) is 54.4 Å². The van der Waals surface area contributed by atoms with Crippen LogP contribution in [0.2, 0.25) is 0 Å². The third kappa shape index (κ3) is 4.96. The van der Waals surface area contributed by atoms with Crippen molar-refractivity contribution in [1.82, 2.24) is 0 Å². The van der Waals surface area contributed by atoms with Crippen LogP contribution in [0.1, 0.15) is 54.4 Å². The summed E-state index contributed by atoms with van der Waals surface area (Å²) in [6, 6.07) is 0. The van der Waals surface area contributed by atoms with E-state index in [0.717, 1.165) is 19.4 Å². The predicted octanol–water partition coefficient (Wildman–Crippen LogP) is 4.55. The molecule has 15 heavy (non-hydrogen) atoms. The Bertz CT molecular complexity index is 280. The maximum absolute atomic E-state index is 4.47. The van der Waals surface area contributed by atoms with Crippen LogP contribution in [-0.2, 0) is 0 Å². The molecule has 0 aliphatic rings. The van der Waals surface area contributed by atoms with E-state index in [1.54, 1.807) is 0 Å². The maximum atomic E-state index is 4.47. The van der Waals surface area contributed by atoms with Gasteiger partial charge in [0.1, 0.15) is 0 Å². The van der Waals surface area contributed by atoms with Gasteiger partial charge in [0, 0.05) is 12.3 Å². The Hall–Kier alpha value is -0.850. The second-order valence-corrected chi connectivity index (χ2v) is 3.95. The first-order valence-corrected chi connectivity index (χ1v) is 5.88. The minimum absolute atomic E-state index is 0.878. The smallest absolute Gasteiger partial charge is 0.0364 e. The summed E-state index contributed by atoms with van der Waals surface area (Å²) in [5.41, 5.74) is 5.52. The first kappa shape index (κ1) is 14.2. The van der Waals surface area contributed by atoms with Crippen LogP contribution in [0, 0.1) is 0 Å². The fourth-order valence-electron chi connectivity index (χ4n) is 1.57. The molecule has 0 spiro atoms. The third-order valence-electron chi connectivity index (χ3n) is 2.88. The van der Waals surface area contributed by atoms with E-state index >= 15 is 0 Å². The van der Waals surface area contributed by atoms with E-state index in [9.17, 15) is 0 Å². The fourth-order valence-corrected chi connectivity index (χ4v) is 1.57. The lowest BCUT2D eigenvalue weighted by molar-refractivity contribution is 0.968. The average molecular weight is 207 g/mol. The van der Waals surface area contributed by atoms with Gasteiger partial charge in [-0.1, -0.05) is 24.1 Å². The topological polar surface area (TPSA) is 12.4 Å². The van der Waals surface area contributed by atoms with E-state index < -0.39 is 0 Å². The predicted molar refractivity (Wildman–Crippen MR) is 70.7 cm³/mol. The lowest BCUT2D eigenvalue weighted by Gasteiger charge is -2.11. The van der Waals surface area contributed by atoms with Gasteiger partial charge >= 0.3 is 0 Å². The van der Waals surface area contributed by atoms with Crippen molar-refractivity contribution >= 4 is 5.71 Å². The molecule has 0 aromatic carbocycles. The van der Waals surface area contributed by atoms with E-state index in [-0.39, 0.29) is 0 Å². The van der Waals surface area contributed by atoms with Crippen LogP contribution in [-0.4, -0.2) is 12.3 Å². The van der Waals surface area contributed by atoms with Crippen LogP contribution < -0.4 is 0 Å². The Morgan fingerprint density at radius 1 is 1.13 bits per heavy atom. The molecule has 0 rings (SSSR count). The number of nitrogens with zero attached hydrogens (tertiary/aromatic N) is 1. The van der Waals surface area contributed by atoms with Gasteiger partial charge in [-0.3, -0.25) is 4.99 Å². The first-order valence-electron chi connectivity index (χ1n) is 5.88. The lowest BCUT2D eigenvalue weighted by atomic mass is 9.97. The van der Waals surface area contributed by atoms with Crippen molar-refractivity contribution in [3.8, 4) is 0 Å². The molecule has 0 unspecified atom stereocenters. The summed E-state index contributed by atoms with van der Waals surface area (Å²) in [6.07, 6.45) is 4.40. The zero-order valence-corrected chi connectivity index (χ0v) is 11.1. The Kier molecular flexibility index (Phi) is 7.02. The molecule has 1 nitrogen and oxygen atoms in total. The molecule has 86 valence electrons. The Balaban J connectivity index is 4.90. The van der Waals surface area contributed by atoms with Gasteiger partial charge in [-0.25, -0.2) is 0 Å². The van der Waals surface area contributed by atoms with Gasteiger partial charge in [-0.05, 0) is 53.0 Å². The zero-order chi connectivity index (χ0) is 11.8. The van der Waals surface area contributed by atoms with Crippen molar-refractivity contribution < 1.29 is 0 Å². The van der Waals surface area contributed by atoms with E-state index in [4.69, 9.17) is 0 Å². The van der Waals surface area contributed by atoms with Crippen molar-refractivity contribution in [2.24, 2.45) is 4.99 Å². The molecule has 0 radical (unpaired) electrons. The van der Waals surface area contributed by atoms with Crippen molar-refractivity contribution in [1.29, 1.82) is 0 Å². The van der Waals surface area contributed by atoms with E-state index in [2.05, 4.69) is 52.6 Å². The molecule has 0 aliphatic carbocycles. The quantitative estimate of drug-likeness (QED) is 0.463. The van der Waals surface area contributed by atoms with Crippen LogP contribution >= 0.6 is 0 Å². The van der Waals surface area contributed by atoms with Gasteiger partial charge in [-0.2, -0.15) is 0 Å². The highest BCUT2D eigenvalue weighted by Gasteiger charge is 2.04. The van der Waals surface area contributed by atoms with E-state index in [1.807, 2.05) is 0 Å². The second kappa shape index (κ2) is 7.44. The average Bonchev–Trinajstić information content (AvgIpc) is 2.24. The highest BCUT2D eigenvalue weighted by Crippen LogP contribution is 2.19. The molecule has 0 amide bonds. The number of rotatable bonds is 5. The van der Waals surface area contributed by atoms with Crippen molar-refractivity contribution in [3.63, 3.8) is 0 Å². The second-order valence-electron chi connectivity index (χ2n) is 3.95. The minimum atomic E-state index is 0.878. The summed E-state index contributed by atoms with van der Waals surface area (Å²) in [6.45, 7) is 13.8. The largest absolute Gasteiger partial charge is 0.290 e. The van der Waals surface area contributed by atoms with Crippen LogP contribution in [0.5, 0.6) is 0 Å². The lowest BCUT2D eigenvalue weighted by Crippen LogP contribution is -2.00. The SMILES string of the molecule is CC=C(C)CC(CC)=C(C)C(C)=NCC. The number of hydrogen-bond donors (Lipinski definition) is 0. The van der Waals surface area contributed by atoms with Crippen molar-refractivity contribution in [3.05, 3.63) is 22.8 Å². The zero-order valence-electron chi connectivity index (χ0n) is 11.1. The van der Waals surface area contributed by atoms with Gasteiger partial charge in [0.2, 0.25) is 0 Å². The van der Waals surface area contributed by atoms with Gasteiger partial charge in [0.25, 0.3) is 0 Å². The first-order chi connectivity index (χ1) is 7.06. The summed E-state index contributed by atoms with van der Waals surface area (Å²) in [5.74, 6) is 0. The molecule has 0 aromatic heterocycles. The molecule has 0 bridgehead atoms. The van der Waals surface area contributed by atoms with Crippen LogP contribution in [0.15, 0.2) is 27.8 Å². The normalized spacial score (nSPS) is 15.3. The summed E-state index contributed by atoms with van der Waals surface area (Å²) in [5, 5.41) is 0. The molecule has 0 aromatic rings. The molecular formula is C14H25N. The summed E-state index contributed by atoms with van der Waals surface area (Å²) < 4.78 is 0. The highest BCUT2D eigenvalue weighted by molar-refractivity contribution is 5.98. The monoisotopic (exact) mass is 207 g/mol. The number of hydrogen-bond acceptors (Lipinski definition) is 1. The summed E-state index contributed by atoms with van der Waals surface area (Å²) in [4.78, 5) is 4.47. The number of allylic oxidation sites excluding steroid dienone is 4. The molecule has 0 fully saturated rings. The molecule has 0 N–H and O–H groups in total. The van der Waals surface area contributed by atoms with E-state index in [0.29, 0.717) is 0 Å². The molecule has 0 atom stereocenters. The van der Waals surface area contributed by atoms with E-state index in [1.165, 1.54) is 22.4 Å². The molecule has 0 heterocycles. The standard InChI is InChI=1S/C14H25N/c1-7-11(4)10-14(8-2)12(5)13(6)15-9-3/h7H,8-10H2,1-6H3. The number of aliphatic imine (C=N–C) groups is 1. The van der Waals surface area contributed by atoms with Crippen LogP contribution in [0.3, 0.4) is 0 Å². The molecule has 0 saturated heterocycles. The molecule has 0 aliphatic heterocycles. The van der Waals surface area contributed by atoms with Gasteiger partial charge in [-0.15, -0.1) is 0 Å². The Morgan fingerprint density at radius 2 is 1.73 bits per heavy atom. The van der Waals surface area contributed by atoms with Gasteiger partial charge in [0.15, 0.2) is 0 Å². The summed E-state index contributed by atoms with van der Waals surface area (Å²) >= 11 is 0. The Labute approximate surface area is 95.0 Å². The molecule has 0 saturated carbocycles. The molecule has 1 heteroatoms. The van der Waals surface area contributed by atoms with Gasteiger partial charge in [0.05, 0.1) is 0 Å². The van der Waals surface area contributed by atoms with Crippen LogP contribution in [0.4, 0.5) is 0 Å². The van der Waals surface area contributed by atoms with Crippen molar-refractivity contribution in [2.75, 3.05) is 6.54 Å². The van der Waals surface area contributed by atoms with Gasteiger partial charge < -0.3 is 0 Å². The summed E-state index contributed by atoms with van der Waals surface area (Å²) in [7, 11) is 0. The Morgan fingerprint density at radius 3 is 2.13 bits per heavy atom. The highest BCUT2D eigenvalue weighted by atomic mass is 14.7. The fraction of sp³-hybridized carbons (Fsp3) is 0.643. The molecular weight excluding hydrogens is 182 g/mol. The minimum Gasteiger partial charge on any atom is -0.290 e. The third-order valence-corrected chi connectivity index (χ3v) is 2.88. The van der Waals surface area contributed by atoms with Crippen LogP contribution in [0.25, 0.3) is 0 Å². The maximum Gasteiger partial charge on any atom is 0.0364 e.